The van der Waals surface area contributed by atoms with Gasteiger partial charge in [0.2, 0.25) is 11.7 Å². The topological polar surface area (TPSA) is 86.3 Å². The van der Waals surface area contributed by atoms with Crippen LogP contribution in [0.3, 0.4) is 0 Å². The number of amides is 1. The molecule has 0 radical (unpaired) electrons. The van der Waals surface area contributed by atoms with Crippen LogP contribution < -0.4 is 29.2 Å². The first kappa shape index (κ1) is 26.7. The number of hydrogen-bond donors (Lipinski definition) is 1. The van der Waals surface area contributed by atoms with Gasteiger partial charge in [-0.2, -0.15) is 0 Å². The molecule has 1 aliphatic heterocycles. The lowest BCUT2D eigenvalue weighted by molar-refractivity contribution is -0.120. The Kier molecular flexibility index (Phi) is 7.07. The van der Waals surface area contributed by atoms with Gasteiger partial charge in [0.1, 0.15) is 5.75 Å². The summed E-state index contributed by atoms with van der Waals surface area (Å²) in [6.07, 6.45) is 2.63. The number of carbonyl (C=O) groups excluding carboxylic acids is 2. The van der Waals surface area contributed by atoms with E-state index in [9.17, 15) is 9.59 Å². The fraction of sp³-hybridized carbons (Fsp3) is 0.333. The van der Waals surface area contributed by atoms with E-state index in [-0.39, 0.29) is 23.5 Å². The second-order valence-corrected chi connectivity index (χ2v) is 10.7. The third kappa shape index (κ3) is 4.77. The number of rotatable bonds is 7. The van der Waals surface area contributed by atoms with Crippen LogP contribution in [0.4, 0.5) is 11.4 Å². The Morgan fingerprint density at radius 2 is 1.51 bits per heavy atom. The zero-order chi connectivity index (χ0) is 28.7. The van der Waals surface area contributed by atoms with Crippen LogP contribution in [0, 0.1) is 5.92 Å². The normalized spacial score (nSPS) is 19.9. The summed E-state index contributed by atoms with van der Waals surface area (Å²) in [6.45, 7) is 0. The zero-order valence-electron chi connectivity index (χ0n) is 23.7. The molecular weight excluding hydrogens is 520 g/mol. The third-order valence-electron chi connectivity index (χ3n) is 8.24. The number of anilines is 2. The van der Waals surface area contributed by atoms with Crippen molar-refractivity contribution in [1.29, 1.82) is 0 Å². The van der Waals surface area contributed by atoms with E-state index < -0.39 is 6.04 Å². The number of hydrogen-bond acceptors (Lipinski definition) is 7. The number of benzene rings is 3. The third-order valence-corrected chi connectivity index (χ3v) is 8.24. The number of nitrogens with zero attached hydrogens (tertiary/aromatic N) is 1. The minimum absolute atomic E-state index is 0.000257. The van der Waals surface area contributed by atoms with Gasteiger partial charge in [0, 0.05) is 23.6 Å². The minimum Gasteiger partial charge on any atom is -0.497 e. The molecule has 0 aromatic heterocycles. The smallest absolute Gasteiger partial charge is 0.231 e. The highest BCUT2D eigenvalue weighted by Crippen LogP contribution is 2.51. The van der Waals surface area contributed by atoms with Crippen molar-refractivity contribution >= 4 is 23.1 Å². The lowest BCUT2D eigenvalue weighted by Gasteiger charge is -2.35. The largest absolute Gasteiger partial charge is 0.497 e. The average Bonchev–Trinajstić information content (AvgIpc) is 3.86. The number of fused-ring (bicyclic) bond motifs is 1. The molecule has 1 heterocycles. The number of nitrogens with one attached hydrogen (secondary N) is 1. The fourth-order valence-corrected chi connectivity index (χ4v) is 6.05. The molecule has 2 aliphatic carbocycles. The molecule has 3 aliphatic rings. The minimum atomic E-state index is -0.674. The monoisotopic (exact) mass is 554 g/mol. The number of methoxy groups -OCH3 is 4. The molecule has 3 aromatic carbocycles. The molecule has 212 valence electrons. The average molecular weight is 555 g/mol. The van der Waals surface area contributed by atoms with Gasteiger partial charge in [-0.15, -0.1) is 0 Å². The fourth-order valence-electron chi connectivity index (χ4n) is 6.05. The van der Waals surface area contributed by atoms with Crippen LogP contribution in [-0.2, 0) is 9.59 Å². The zero-order valence-corrected chi connectivity index (χ0v) is 23.7. The van der Waals surface area contributed by atoms with Crippen LogP contribution in [-0.4, -0.2) is 40.1 Å². The lowest BCUT2D eigenvalue weighted by Crippen LogP contribution is -2.39. The number of para-hydroxylation sites is 2. The molecule has 6 rings (SSSR count). The maximum atomic E-state index is 14.3. The van der Waals surface area contributed by atoms with E-state index in [1.807, 2.05) is 65.6 Å². The second-order valence-electron chi connectivity index (χ2n) is 10.7. The second kappa shape index (κ2) is 10.8. The summed E-state index contributed by atoms with van der Waals surface area (Å²) in [7, 11) is 6.32. The van der Waals surface area contributed by atoms with Gasteiger partial charge in [0.15, 0.2) is 17.3 Å². The van der Waals surface area contributed by atoms with Crippen LogP contribution in [0.25, 0.3) is 0 Å². The van der Waals surface area contributed by atoms with Crippen molar-refractivity contribution in [2.24, 2.45) is 5.92 Å². The van der Waals surface area contributed by atoms with Crippen molar-refractivity contribution in [3.63, 3.8) is 0 Å². The van der Waals surface area contributed by atoms with Crippen LogP contribution in [0.5, 0.6) is 23.0 Å². The maximum absolute atomic E-state index is 14.3. The first-order chi connectivity index (χ1) is 20.0. The van der Waals surface area contributed by atoms with Crippen molar-refractivity contribution in [3.05, 3.63) is 83.1 Å². The Morgan fingerprint density at radius 1 is 0.829 bits per heavy atom. The van der Waals surface area contributed by atoms with Crippen molar-refractivity contribution in [3.8, 4) is 23.0 Å². The highest BCUT2D eigenvalue weighted by atomic mass is 16.5. The van der Waals surface area contributed by atoms with Gasteiger partial charge >= 0.3 is 0 Å². The Balaban J connectivity index is 1.55. The van der Waals surface area contributed by atoms with E-state index in [1.165, 1.54) is 0 Å². The first-order valence-corrected chi connectivity index (χ1v) is 13.9. The molecule has 0 unspecified atom stereocenters. The van der Waals surface area contributed by atoms with E-state index in [1.54, 1.807) is 28.4 Å². The first-order valence-electron chi connectivity index (χ1n) is 13.9. The number of allylic oxidation sites excluding steroid dienone is 1. The Labute approximate surface area is 239 Å². The van der Waals surface area contributed by atoms with E-state index in [0.717, 1.165) is 46.8 Å². The van der Waals surface area contributed by atoms with Gasteiger partial charge in [0.05, 0.1) is 45.9 Å². The summed E-state index contributed by atoms with van der Waals surface area (Å²) in [5.74, 6) is 2.08. The van der Waals surface area contributed by atoms with E-state index in [2.05, 4.69) is 5.32 Å². The molecule has 8 heteroatoms. The quantitative estimate of drug-likeness (QED) is 0.382. The van der Waals surface area contributed by atoms with Crippen LogP contribution in [0.2, 0.25) is 0 Å². The standard InChI is InChI=1S/C33H34N2O6/c1-38-23-13-11-19(12-14-23)21-15-25-30(27(36)16-21)31(22-17-28(39-2)32(41-4)29(18-22)40-3)35(33(37)20-9-10-20)26-8-6-5-7-24(26)34-25/h5-8,11-14,17-18,20-21,31,34H,9-10,15-16H2,1-4H3/t21-,31-/m0/s1. The van der Waals surface area contributed by atoms with Crippen LogP contribution in [0.1, 0.15) is 48.8 Å². The molecule has 0 bridgehead atoms. The molecule has 0 spiro atoms. The number of ketones is 1. The molecule has 1 saturated carbocycles. The highest BCUT2D eigenvalue weighted by molar-refractivity contribution is 6.07. The Morgan fingerprint density at radius 3 is 2.12 bits per heavy atom. The molecule has 41 heavy (non-hydrogen) atoms. The molecule has 1 N–H and O–H groups in total. The Bertz CT molecular complexity index is 1500. The molecule has 2 atom stereocenters. The molecule has 0 saturated heterocycles. The summed E-state index contributed by atoms with van der Waals surface area (Å²) in [6, 6.07) is 18.7. The van der Waals surface area contributed by atoms with E-state index in [0.29, 0.717) is 35.7 Å². The summed E-state index contributed by atoms with van der Waals surface area (Å²) < 4.78 is 22.3. The van der Waals surface area contributed by atoms with Crippen molar-refractivity contribution < 1.29 is 28.5 Å². The van der Waals surface area contributed by atoms with Gasteiger partial charge in [0.25, 0.3) is 0 Å². The van der Waals surface area contributed by atoms with Gasteiger partial charge in [-0.25, -0.2) is 0 Å². The number of Topliss-reactive ketones (excluding diaryl/α,β-unsaturated/α-hetero) is 1. The molecular formula is C33H34N2O6. The van der Waals surface area contributed by atoms with Crippen molar-refractivity contribution in [2.45, 2.75) is 37.6 Å². The van der Waals surface area contributed by atoms with Crippen molar-refractivity contribution in [2.75, 3.05) is 38.7 Å². The number of ether oxygens (including phenoxy) is 4. The van der Waals surface area contributed by atoms with Gasteiger partial charge < -0.3 is 24.3 Å². The summed E-state index contributed by atoms with van der Waals surface area (Å²) >= 11 is 0. The maximum Gasteiger partial charge on any atom is 0.231 e. The predicted octanol–water partition coefficient (Wildman–Crippen LogP) is 6.03. The predicted molar refractivity (Wildman–Crippen MR) is 156 cm³/mol. The SMILES string of the molecule is COc1ccc([C@@H]2CC(=O)C3=C(C2)Nc2ccccc2N(C(=O)C2CC2)[C@H]3c2cc(OC)c(OC)c(OC)c2)cc1. The molecule has 3 aromatic rings. The molecule has 1 fully saturated rings. The Hall–Kier alpha value is -4.46. The van der Waals surface area contributed by atoms with Crippen molar-refractivity contribution in [1.82, 2.24) is 0 Å². The summed E-state index contributed by atoms with van der Waals surface area (Å²) in [5.41, 5.74) is 4.74. The molecule has 8 nitrogen and oxygen atoms in total. The van der Waals surface area contributed by atoms with Crippen LogP contribution in [0.15, 0.2) is 71.9 Å². The highest BCUT2D eigenvalue weighted by Gasteiger charge is 2.45. The van der Waals surface area contributed by atoms with E-state index in [4.69, 9.17) is 18.9 Å². The van der Waals surface area contributed by atoms with E-state index >= 15 is 0 Å². The van der Waals surface area contributed by atoms with Gasteiger partial charge in [-0.3, -0.25) is 14.5 Å². The van der Waals surface area contributed by atoms with Crippen LogP contribution >= 0.6 is 0 Å². The molecule has 1 amide bonds. The lowest BCUT2D eigenvalue weighted by atomic mass is 9.78. The van der Waals surface area contributed by atoms with Gasteiger partial charge in [-0.1, -0.05) is 24.3 Å². The summed E-state index contributed by atoms with van der Waals surface area (Å²) in [5, 5.41) is 3.59. The number of carbonyl (C=O) groups is 2. The summed E-state index contributed by atoms with van der Waals surface area (Å²) in [4.78, 5) is 30.2. The van der Waals surface area contributed by atoms with Gasteiger partial charge in [-0.05, 0) is 72.7 Å².